The Morgan fingerprint density at radius 3 is 1.26 bits per heavy atom. The number of hydrogen-bond acceptors (Lipinski definition) is 0. The summed E-state index contributed by atoms with van der Waals surface area (Å²) in [6.07, 6.45) is 2.24. The molecule has 148 valence electrons. The van der Waals surface area contributed by atoms with E-state index in [-0.39, 0.29) is 35.3 Å². The van der Waals surface area contributed by atoms with Crippen molar-refractivity contribution in [3.05, 3.63) is 69.3 Å². The average molecular weight is 541 g/mol. The quantitative estimate of drug-likeness (QED) is 0.496. The van der Waals surface area contributed by atoms with Gasteiger partial charge in [-0.1, -0.05) is 74.2 Å². The molecule has 0 aliphatic rings. The predicted octanol–water partition coefficient (Wildman–Crippen LogP) is 1.44. The normalized spacial score (nSPS) is 8.81. The smallest absolute Gasteiger partial charge is 1.00 e. The van der Waals surface area contributed by atoms with Gasteiger partial charge >= 0.3 is 25.8 Å². The molecule has 27 heavy (non-hydrogen) atoms. The molecule has 0 heterocycles. The fraction of sp³-hybridized carbons (Fsp3) is 0.455. The summed E-state index contributed by atoms with van der Waals surface area (Å²) < 4.78 is 0. The molecule has 2 nitrogen and oxygen atoms in total. The zero-order valence-electron chi connectivity index (χ0n) is 17.4. The van der Waals surface area contributed by atoms with Crippen molar-refractivity contribution in [3.8, 4) is 0 Å². The molecule has 0 amide bonds. The Morgan fingerprint density at radius 2 is 0.963 bits per heavy atom. The molecule has 0 atom stereocenters. The van der Waals surface area contributed by atoms with Gasteiger partial charge < -0.3 is 20.0 Å². The van der Waals surface area contributed by atoms with Crippen LogP contribution in [0.5, 0.6) is 0 Å². The fourth-order valence-electron chi connectivity index (χ4n) is 2.28. The second kappa shape index (κ2) is 16.9. The Hall–Kier alpha value is -1.23. The van der Waals surface area contributed by atoms with Crippen LogP contribution in [0.1, 0.15) is 48.9 Å². The van der Waals surface area contributed by atoms with E-state index in [0.29, 0.717) is 0 Å². The fourth-order valence-corrected chi connectivity index (χ4v) is 2.28. The first-order valence-electron chi connectivity index (χ1n) is 8.98. The number of aryl methyl sites for hydroxylation is 2. The van der Waals surface area contributed by atoms with Gasteiger partial charge in [0.15, 0.2) is 0 Å². The van der Waals surface area contributed by atoms with Crippen LogP contribution >= 0.6 is 0 Å². The van der Waals surface area contributed by atoms with E-state index in [1.54, 1.807) is 0 Å². The van der Waals surface area contributed by atoms with Gasteiger partial charge in [-0.25, -0.2) is 0 Å². The summed E-state index contributed by atoms with van der Waals surface area (Å²) >= 11 is 0. The van der Waals surface area contributed by atoms with Gasteiger partial charge in [-0.2, -0.15) is 0 Å². The molecule has 0 saturated heterocycles. The maximum Gasteiger partial charge on any atom is 4.00 e. The molecule has 0 bridgehead atoms. The van der Waals surface area contributed by atoms with Crippen LogP contribution in [0.15, 0.2) is 36.4 Å². The zero-order valence-corrected chi connectivity index (χ0v) is 21.0. The number of nitrogens with zero attached hydrogens (tertiary/aromatic N) is 2. The van der Waals surface area contributed by atoms with Crippen LogP contribution in [0.3, 0.4) is 0 Å². The van der Waals surface area contributed by atoms with Crippen molar-refractivity contribution in [2.75, 3.05) is 13.1 Å². The molecule has 5 heteroatoms. The Balaban J connectivity index is -0.000000384. The van der Waals surface area contributed by atoms with E-state index >= 15 is 0 Å². The second-order valence-electron chi connectivity index (χ2n) is 6.20. The summed E-state index contributed by atoms with van der Waals surface area (Å²) in [5, 5.41) is 8.97. The van der Waals surface area contributed by atoms with Crippen LogP contribution < -0.4 is 9.41 Å². The van der Waals surface area contributed by atoms with E-state index in [2.05, 4.69) is 88.6 Å². The largest absolute Gasteiger partial charge is 4.00 e. The van der Waals surface area contributed by atoms with Crippen LogP contribution in [0.2, 0.25) is 0 Å². The maximum atomic E-state index is 4.49. The van der Waals surface area contributed by atoms with Crippen molar-refractivity contribution in [1.82, 2.24) is 0 Å². The summed E-state index contributed by atoms with van der Waals surface area (Å²) in [7, 11) is 0. The Bertz CT molecular complexity index is 578. The van der Waals surface area contributed by atoms with Gasteiger partial charge in [0, 0.05) is 0 Å². The first-order valence-corrected chi connectivity index (χ1v) is 8.98. The number of benzene rings is 2. The molecule has 0 radical (unpaired) electrons. The monoisotopic (exact) mass is 542 g/mol. The van der Waals surface area contributed by atoms with E-state index in [0.717, 1.165) is 37.3 Å². The molecule has 0 fully saturated rings. The van der Waals surface area contributed by atoms with Crippen LogP contribution in [0, 0.1) is 27.7 Å². The van der Waals surface area contributed by atoms with Gasteiger partial charge in [-0.15, -0.1) is 24.5 Å². The van der Waals surface area contributed by atoms with E-state index in [1.165, 1.54) is 22.3 Å². The van der Waals surface area contributed by atoms with E-state index in [1.807, 2.05) is 0 Å². The van der Waals surface area contributed by atoms with Gasteiger partial charge in [0.25, 0.3) is 0 Å². The van der Waals surface area contributed by atoms with Crippen molar-refractivity contribution in [2.24, 2.45) is 0 Å². The molecule has 0 aliphatic carbocycles. The van der Waals surface area contributed by atoms with Crippen LogP contribution in [0.25, 0.3) is 10.6 Å². The third-order valence-electron chi connectivity index (χ3n) is 4.16. The molecule has 0 aromatic heterocycles. The molecule has 0 saturated carbocycles. The minimum Gasteiger partial charge on any atom is -1.00 e. The molecule has 2 rings (SSSR count). The topological polar surface area (TPSA) is 28.2 Å². The number of hydrogen-bond donors (Lipinski definition) is 0. The Morgan fingerprint density at radius 1 is 0.630 bits per heavy atom. The molecule has 0 unspecified atom stereocenters. The number of halogens is 2. The molecule has 0 N–H and O–H groups in total. The molecule has 0 aliphatic heterocycles. The van der Waals surface area contributed by atoms with E-state index in [4.69, 9.17) is 0 Å². The average Bonchev–Trinajstić information content (AvgIpc) is 2.58. The first kappa shape index (κ1) is 30.5. The predicted molar refractivity (Wildman–Crippen MR) is 108 cm³/mol. The van der Waals surface area contributed by atoms with Crippen LogP contribution in [-0.2, 0) is 25.8 Å². The van der Waals surface area contributed by atoms with Crippen LogP contribution in [0.4, 0.5) is 11.4 Å². The summed E-state index contributed by atoms with van der Waals surface area (Å²) in [4.78, 5) is 0. The Labute approximate surface area is 183 Å². The Kier molecular flexibility index (Phi) is 19.1. The summed E-state index contributed by atoms with van der Waals surface area (Å²) in [5.41, 5.74) is 7.57. The SMILES string of the molecule is CCC[N-]c1cccc(C)c1C.CCC[N-]c1cccc(C)c1C.[F-].[F-].[Hf+4]. The molecule has 2 aromatic carbocycles. The van der Waals surface area contributed by atoms with Gasteiger partial charge in [0.05, 0.1) is 0 Å². The molecule has 0 spiro atoms. The standard InChI is InChI=1S/2C11H16N.2FH.Hf/c2*1-4-8-12-11-7-5-6-9(2)10(11)3;;;/h2*5-7H,4,8H2,1-3H3;2*1H;/q2*-1;;;+4/p-2. The minimum atomic E-state index is 0. The van der Waals surface area contributed by atoms with E-state index in [9.17, 15) is 0 Å². The third kappa shape index (κ3) is 10.6. The maximum absolute atomic E-state index is 4.49. The van der Waals surface area contributed by atoms with Crippen molar-refractivity contribution >= 4 is 11.4 Å². The minimum absolute atomic E-state index is 0. The molecular weight excluding hydrogens is 509 g/mol. The molecular formula is C22H32F2HfN2. The first-order chi connectivity index (χ1) is 11.5. The van der Waals surface area contributed by atoms with Gasteiger partial charge in [-0.3, -0.25) is 0 Å². The van der Waals surface area contributed by atoms with E-state index < -0.39 is 0 Å². The summed E-state index contributed by atoms with van der Waals surface area (Å²) in [5.74, 6) is 0. The van der Waals surface area contributed by atoms with Gasteiger partial charge in [0.1, 0.15) is 0 Å². The van der Waals surface area contributed by atoms with Crippen LogP contribution in [-0.4, -0.2) is 13.1 Å². The second-order valence-corrected chi connectivity index (χ2v) is 6.20. The summed E-state index contributed by atoms with van der Waals surface area (Å²) in [6.45, 7) is 14.7. The number of rotatable bonds is 6. The zero-order chi connectivity index (χ0) is 17.9. The summed E-state index contributed by atoms with van der Waals surface area (Å²) in [6, 6.07) is 12.5. The third-order valence-corrected chi connectivity index (χ3v) is 4.16. The molecule has 2 aromatic rings. The van der Waals surface area contributed by atoms with Crippen molar-refractivity contribution < 1.29 is 35.3 Å². The van der Waals surface area contributed by atoms with Crippen molar-refractivity contribution in [2.45, 2.75) is 54.4 Å². The van der Waals surface area contributed by atoms with Crippen molar-refractivity contribution in [1.29, 1.82) is 0 Å². The van der Waals surface area contributed by atoms with Gasteiger partial charge in [-0.05, 0) is 38.8 Å². The van der Waals surface area contributed by atoms with Gasteiger partial charge in [0.2, 0.25) is 0 Å². The van der Waals surface area contributed by atoms with Crippen molar-refractivity contribution in [3.63, 3.8) is 0 Å².